The summed E-state index contributed by atoms with van der Waals surface area (Å²) in [5.41, 5.74) is 2.80. The van der Waals surface area contributed by atoms with Gasteiger partial charge in [0.25, 0.3) is 0 Å². The molecule has 2 aromatic carbocycles. The quantitative estimate of drug-likeness (QED) is 0.805. The van der Waals surface area contributed by atoms with Crippen LogP contribution in [-0.4, -0.2) is 10.9 Å². The molecular weight excluding hydrogens is 272 g/mol. The van der Waals surface area contributed by atoms with E-state index in [1.54, 1.807) is 12.1 Å². The number of phenolic OH excluding ortho intramolecular Hbond substituents is 1. The molecule has 116 valence electrons. The van der Waals surface area contributed by atoms with Crippen LogP contribution in [0.15, 0.2) is 42.5 Å². The summed E-state index contributed by atoms with van der Waals surface area (Å²) in [7, 11) is 0. The number of rotatable bonds is 3. The van der Waals surface area contributed by atoms with Crippen LogP contribution in [0.3, 0.4) is 0 Å². The third-order valence-electron chi connectivity index (χ3n) is 3.91. The van der Waals surface area contributed by atoms with Gasteiger partial charge in [-0.3, -0.25) is 4.79 Å². The topological polar surface area (TPSA) is 37.3 Å². The van der Waals surface area contributed by atoms with Crippen LogP contribution in [0.4, 0.5) is 0 Å². The Morgan fingerprint density at radius 1 is 1.05 bits per heavy atom. The highest BCUT2D eigenvalue weighted by atomic mass is 16.3. The van der Waals surface area contributed by atoms with E-state index < -0.39 is 0 Å². The third-order valence-corrected chi connectivity index (χ3v) is 3.91. The molecule has 0 amide bonds. The van der Waals surface area contributed by atoms with E-state index in [0.29, 0.717) is 11.1 Å². The standard InChI is InChI=1S/C20H24O2/c1-13(2)16-11-15(20(3,4)5)12-17(19(16)22)18(21)14-9-7-6-8-10-14/h6-13,22H,1-5H3. The maximum absolute atomic E-state index is 12.8. The van der Waals surface area contributed by atoms with Gasteiger partial charge in [-0.05, 0) is 28.5 Å². The SMILES string of the molecule is CC(C)c1cc(C(C)(C)C)cc(C(=O)c2ccccc2)c1O. The largest absolute Gasteiger partial charge is 0.507 e. The first-order valence-electron chi connectivity index (χ1n) is 7.69. The highest BCUT2D eigenvalue weighted by Crippen LogP contribution is 2.35. The molecule has 2 aromatic rings. The Morgan fingerprint density at radius 2 is 1.64 bits per heavy atom. The molecule has 1 N–H and O–H groups in total. The first kappa shape index (κ1) is 16.3. The van der Waals surface area contributed by atoms with Gasteiger partial charge in [0.2, 0.25) is 0 Å². The summed E-state index contributed by atoms with van der Waals surface area (Å²) in [6, 6.07) is 12.9. The van der Waals surface area contributed by atoms with E-state index >= 15 is 0 Å². The van der Waals surface area contributed by atoms with E-state index in [4.69, 9.17) is 0 Å². The van der Waals surface area contributed by atoms with E-state index in [9.17, 15) is 9.90 Å². The van der Waals surface area contributed by atoms with Crippen LogP contribution in [-0.2, 0) is 5.41 Å². The monoisotopic (exact) mass is 296 g/mol. The van der Waals surface area contributed by atoms with E-state index in [-0.39, 0.29) is 22.9 Å². The summed E-state index contributed by atoms with van der Waals surface area (Å²) >= 11 is 0. The summed E-state index contributed by atoms with van der Waals surface area (Å²) in [5.74, 6) is 0.132. The maximum atomic E-state index is 12.8. The molecule has 0 saturated heterocycles. The van der Waals surface area contributed by atoms with Crippen LogP contribution < -0.4 is 0 Å². The molecule has 2 heteroatoms. The first-order valence-corrected chi connectivity index (χ1v) is 7.69. The second-order valence-corrected chi connectivity index (χ2v) is 7.06. The Labute approximate surface area is 132 Å². The Kier molecular flexibility index (Phi) is 4.41. The van der Waals surface area contributed by atoms with Gasteiger partial charge in [0.15, 0.2) is 5.78 Å². The van der Waals surface area contributed by atoms with Crippen molar-refractivity contribution in [1.82, 2.24) is 0 Å². The number of phenols is 1. The maximum Gasteiger partial charge on any atom is 0.196 e. The van der Waals surface area contributed by atoms with Crippen molar-refractivity contribution in [2.45, 2.75) is 46.0 Å². The number of ketones is 1. The second kappa shape index (κ2) is 5.96. The van der Waals surface area contributed by atoms with Gasteiger partial charge in [-0.25, -0.2) is 0 Å². The zero-order valence-electron chi connectivity index (χ0n) is 14.0. The molecule has 0 aliphatic heterocycles. The van der Waals surface area contributed by atoms with Crippen LogP contribution in [0.2, 0.25) is 0 Å². The number of benzene rings is 2. The number of aromatic hydroxyl groups is 1. The molecule has 0 aliphatic carbocycles. The van der Waals surface area contributed by atoms with Crippen LogP contribution in [0.1, 0.15) is 67.6 Å². The lowest BCUT2D eigenvalue weighted by molar-refractivity contribution is 0.103. The fourth-order valence-corrected chi connectivity index (χ4v) is 2.45. The van der Waals surface area contributed by atoms with Crippen LogP contribution in [0, 0.1) is 0 Å². The van der Waals surface area contributed by atoms with Gasteiger partial charge in [0.05, 0.1) is 5.56 Å². The van der Waals surface area contributed by atoms with Gasteiger partial charge in [0, 0.05) is 5.56 Å². The molecule has 2 nitrogen and oxygen atoms in total. The van der Waals surface area contributed by atoms with E-state index in [1.165, 1.54) is 0 Å². The average Bonchev–Trinajstić information content (AvgIpc) is 2.46. The molecule has 22 heavy (non-hydrogen) atoms. The summed E-state index contributed by atoms with van der Waals surface area (Å²) in [4.78, 5) is 12.8. The third kappa shape index (κ3) is 3.22. The lowest BCUT2D eigenvalue weighted by Gasteiger charge is -2.23. The van der Waals surface area contributed by atoms with Crippen molar-refractivity contribution in [3.8, 4) is 5.75 Å². The molecule has 0 radical (unpaired) electrons. The molecule has 0 bridgehead atoms. The van der Waals surface area contributed by atoms with Gasteiger partial charge < -0.3 is 5.11 Å². The summed E-state index contributed by atoms with van der Waals surface area (Å²) < 4.78 is 0. The van der Waals surface area contributed by atoms with E-state index in [1.807, 2.05) is 44.2 Å². The normalized spacial score (nSPS) is 11.7. The fraction of sp³-hybridized carbons (Fsp3) is 0.350. The number of hydrogen-bond donors (Lipinski definition) is 1. The minimum Gasteiger partial charge on any atom is -0.507 e. The molecule has 0 fully saturated rings. The van der Waals surface area contributed by atoms with Crippen molar-refractivity contribution >= 4 is 5.78 Å². The smallest absolute Gasteiger partial charge is 0.196 e. The Balaban J connectivity index is 2.64. The molecule has 2 rings (SSSR count). The Hall–Kier alpha value is -2.09. The van der Waals surface area contributed by atoms with Crippen LogP contribution in [0.25, 0.3) is 0 Å². The van der Waals surface area contributed by atoms with Gasteiger partial charge >= 0.3 is 0 Å². The fourth-order valence-electron chi connectivity index (χ4n) is 2.45. The molecule has 0 spiro atoms. The lowest BCUT2D eigenvalue weighted by atomic mass is 9.82. The molecule has 0 heterocycles. The average molecular weight is 296 g/mol. The van der Waals surface area contributed by atoms with Crippen molar-refractivity contribution in [3.63, 3.8) is 0 Å². The molecule has 0 atom stereocenters. The molecule has 0 unspecified atom stereocenters. The zero-order chi connectivity index (χ0) is 16.5. The minimum atomic E-state index is -0.133. The highest BCUT2D eigenvalue weighted by Gasteiger charge is 2.23. The molecule has 0 aliphatic rings. The van der Waals surface area contributed by atoms with Gasteiger partial charge in [-0.15, -0.1) is 0 Å². The van der Waals surface area contributed by atoms with Gasteiger partial charge in [-0.2, -0.15) is 0 Å². The van der Waals surface area contributed by atoms with E-state index in [2.05, 4.69) is 20.8 Å². The molecular formula is C20H24O2. The zero-order valence-corrected chi connectivity index (χ0v) is 14.0. The molecule has 0 aromatic heterocycles. The first-order chi connectivity index (χ1) is 10.2. The Morgan fingerprint density at radius 3 is 2.14 bits per heavy atom. The summed E-state index contributed by atoms with van der Waals surface area (Å²) in [6.07, 6.45) is 0. The summed E-state index contributed by atoms with van der Waals surface area (Å²) in [5, 5.41) is 10.6. The Bertz CT molecular complexity index is 677. The van der Waals surface area contributed by atoms with Gasteiger partial charge in [-0.1, -0.05) is 71.0 Å². The predicted molar refractivity (Wildman–Crippen MR) is 90.8 cm³/mol. The van der Waals surface area contributed by atoms with Crippen molar-refractivity contribution in [2.24, 2.45) is 0 Å². The van der Waals surface area contributed by atoms with Crippen molar-refractivity contribution in [1.29, 1.82) is 0 Å². The summed E-state index contributed by atoms with van der Waals surface area (Å²) in [6.45, 7) is 10.4. The number of carbonyl (C=O) groups is 1. The second-order valence-electron chi connectivity index (χ2n) is 7.06. The molecule has 0 saturated carbocycles. The van der Waals surface area contributed by atoms with Crippen molar-refractivity contribution in [3.05, 3.63) is 64.7 Å². The lowest BCUT2D eigenvalue weighted by Crippen LogP contribution is -2.14. The minimum absolute atomic E-state index is 0.0803. The van der Waals surface area contributed by atoms with Crippen molar-refractivity contribution < 1.29 is 9.90 Å². The van der Waals surface area contributed by atoms with Gasteiger partial charge in [0.1, 0.15) is 5.75 Å². The number of hydrogen-bond acceptors (Lipinski definition) is 2. The number of carbonyl (C=O) groups excluding carboxylic acids is 1. The van der Waals surface area contributed by atoms with Crippen molar-refractivity contribution in [2.75, 3.05) is 0 Å². The highest BCUT2D eigenvalue weighted by molar-refractivity contribution is 6.11. The van der Waals surface area contributed by atoms with Crippen LogP contribution >= 0.6 is 0 Å². The van der Waals surface area contributed by atoms with E-state index in [0.717, 1.165) is 11.1 Å². The van der Waals surface area contributed by atoms with Crippen LogP contribution in [0.5, 0.6) is 5.75 Å². The predicted octanol–water partition coefficient (Wildman–Crippen LogP) is 5.04.